The Morgan fingerprint density at radius 1 is 1.41 bits per heavy atom. The van der Waals surface area contributed by atoms with Gasteiger partial charge in [0.05, 0.1) is 0 Å². The molecule has 0 spiro atoms. The maximum absolute atomic E-state index is 11.9. The Balaban J connectivity index is 4.40. The van der Waals surface area contributed by atoms with Crippen molar-refractivity contribution in [3.63, 3.8) is 0 Å². The molecule has 0 bridgehead atoms. The standard InChI is InChI=1S/C13H23NO2S/c1-5-7-8-10(4)12(15)14-11(13(16)17)9(3)6-2/h6,9-11H,2,5,7-8H2,1,3-4H3,(H,14,15)(H,16,17). The topological polar surface area (TPSA) is 46.2 Å². The Hall–Kier alpha value is -0.770. The summed E-state index contributed by atoms with van der Waals surface area (Å²) in [6, 6.07) is -0.576. The zero-order chi connectivity index (χ0) is 13.4. The van der Waals surface area contributed by atoms with E-state index < -0.39 is 6.04 Å². The van der Waals surface area contributed by atoms with Gasteiger partial charge in [-0.1, -0.05) is 39.7 Å². The van der Waals surface area contributed by atoms with Gasteiger partial charge in [-0.25, -0.2) is 0 Å². The quantitative estimate of drug-likeness (QED) is 0.518. The van der Waals surface area contributed by atoms with Crippen LogP contribution in [-0.2, 0) is 9.59 Å². The molecule has 3 atom stereocenters. The monoisotopic (exact) mass is 257 g/mol. The molecule has 0 radical (unpaired) electrons. The van der Waals surface area contributed by atoms with Crippen molar-refractivity contribution in [1.29, 1.82) is 0 Å². The Morgan fingerprint density at radius 3 is 2.41 bits per heavy atom. The lowest BCUT2D eigenvalue weighted by Gasteiger charge is -2.21. The van der Waals surface area contributed by atoms with Crippen molar-refractivity contribution >= 4 is 23.7 Å². The summed E-state index contributed by atoms with van der Waals surface area (Å²) in [6.45, 7) is 9.43. The molecule has 0 fully saturated rings. The van der Waals surface area contributed by atoms with Gasteiger partial charge >= 0.3 is 0 Å². The van der Waals surface area contributed by atoms with Crippen molar-refractivity contribution in [3.05, 3.63) is 12.7 Å². The van der Waals surface area contributed by atoms with E-state index in [9.17, 15) is 9.59 Å². The SMILES string of the molecule is C=CC(C)C(NC(=O)C(C)CCCC)C(=O)S. The normalized spacial score (nSPS) is 15.8. The van der Waals surface area contributed by atoms with Crippen LogP contribution in [0, 0.1) is 11.8 Å². The number of rotatable bonds is 8. The molecule has 17 heavy (non-hydrogen) atoms. The highest BCUT2D eigenvalue weighted by Crippen LogP contribution is 2.11. The molecule has 0 saturated carbocycles. The highest BCUT2D eigenvalue weighted by Gasteiger charge is 2.24. The van der Waals surface area contributed by atoms with Gasteiger partial charge in [0.2, 0.25) is 11.0 Å². The van der Waals surface area contributed by atoms with Crippen LogP contribution in [0.25, 0.3) is 0 Å². The van der Waals surface area contributed by atoms with Crippen LogP contribution in [0.4, 0.5) is 0 Å². The van der Waals surface area contributed by atoms with Gasteiger partial charge in [-0.15, -0.1) is 19.2 Å². The molecule has 4 heteroatoms. The van der Waals surface area contributed by atoms with Crippen LogP contribution < -0.4 is 5.32 Å². The van der Waals surface area contributed by atoms with Gasteiger partial charge in [0.1, 0.15) is 6.04 Å². The van der Waals surface area contributed by atoms with E-state index in [1.807, 2.05) is 13.8 Å². The van der Waals surface area contributed by atoms with Gasteiger partial charge in [-0.05, 0) is 6.42 Å². The summed E-state index contributed by atoms with van der Waals surface area (Å²) in [4.78, 5) is 23.2. The first kappa shape index (κ1) is 16.2. The van der Waals surface area contributed by atoms with Crippen LogP contribution in [-0.4, -0.2) is 17.1 Å². The molecule has 0 aromatic heterocycles. The lowest BCUT2D eigenvalue weighted by molar-refractivity contribution is -0.128. The fourth-order valence-electron chi connectivity index (χ4n) is 1.49. The molecule has 0 aromatic rings. The molecular formula is C13H23NO2S. The van der Waals surface area contributed by atoms with E-state index in [0.29, 0.717) is 0 Å². The third-order valence-corrected chi connectivity index (χ3v) is 3.18. The van der Waals surface area contributed by atoms with Gasteiger partial charge < -0.3 is 5.32 Å². The second kappa shape index (κ2) is 8.34. The summed E-state index contributed by atoms with van der Waals surface area (Å²) in [5.74, 6) is -0.260. The molecule has 0 aliphatic carbocycles. The molecular weight excluding hydrogens is 234 g/mol. The first-order valence-electron chi connectivity index (χ1n) is 6.09. The van der Waals surface area contributed by atoms with E-state index in [4.69, 9.17) is 0 Å². The highest BCUT2D eigenvalue weighted by molar-refractivity contribution is 7.96. The zero-order valence-corrected chi connectivity index (χ0v) is 11.8. The second-order valence-corrected chi connectivity index (χ2v) is 4.90. The van der Waals surface area contributed by atoms with E-state index in [1.165, 1.54) is 0 Å². The number of hydrogen-bond acceptors (Lipinski definition) is 2. The first-order chi connectivity index (χ1) is 7.93. The smallest absolute Gasteiger partial charge is 0.223 e. The number of unbranched alkanes of at least 4 members (excludes halogenated alkanes) is 1. The van der Waals surface area contributed by atoms with Crippen LogP contribution in [0.2, 0.25) is 0 Å². The molecule has 0 aliphatic heterocycles. The summed E-state index contributed by atoms with van der Waals surface area (Å²) in [5.41, 5.74) is 0. The number of amides is 1. The molecule has 98 valence electrons. The van der Waals surface area contributed by atoms with Gasteiger partial charge in [0.15, 0.2) is 0 Å². The Labute approximate surface area is 109 Å². The summed E-state index contributed by atoms with van der Waals surface area (Å²) in [5, 5.41) is 2.41. The number of nitrogens with one attached hydrogen (secondary N) is 1. The summed E-state index contributed by atoms with van der Waals surface area (Å²) < 4.78 is 0. The van der Waals surface area contributed by atoms with Gasteiger partial charge in [-0.2, -0.15) is 0 Å². The maximum Gasteiger partial charge on any atom is 0.223 e. The maximum atomic E-state index is 11.9. The molecule has 1 amide bonds. The fourth-order valence-corrected chi connectivity index (χ4v) is 1.79. The lowest BCUT2D eigenvalue weighted by Crippen LogP contribution is -2.45. The molecule has 0 saturated heterocycles. The molecule has 0 rings (SSSR count). The average molecular weight is 257 g/mol. The van der Waals surface area contributed by atoms with Crippen LogP contribution in [0.15, 0.2) is 12.7 Å². The van der Waals surface area contributed by atoms with Crippen LogP contribution in [0.3, 0.4) is 0 Å². The molecule has 3 nitrogen and oxygen atoms in total. The molecule has 0 heterocycles. The predicted molar refractivity (Wildman–Crippen MR) is 74.0 cm³/mol. The third kappa shape index (κ3) is 5.91. The van der Waals surface area contributed by atoms with E-state index in [1.54, 1.807) is 6.08 Å². The molecule has 0 aromatic carbocycles. The van der Waals surface area contributed by atoms with E-state index in [0.717, 1.165) is 19.3 Å². The lowest BCUT2D eigenvalue weighted by atomic mass is 10.00. The van der Waals surface area contributed by atoms with Gasteiger partial charge in [-0.3, -0.25) is 9.59 Å². The Morgan fingerprint density at radius 2 is 2.00 bits per heavy atom. The average Bonchev–Trinajstić information content (AvgIpc) is 2.31. The largest absolute Gasteiger partial charge is 0.345 e. The van der Waals surface area contributed by atoms with Crippen molar-refractivity contribution in [2.75, 3.05) is 0 Å². The molecule has 0 aliphatic rings. The Bertz CT molecular complexity index is 279. The van der Waals surface area contributed by atoms with E-state index in [2.05, 4.69) is 31.4 Å². The summed E-state index contributed by atoms with van der Waals surface area (Å²) in [7, 11) is 0. The van der Waals surface area contributed by atoms with Crippen molar-refractivity contribution in [1.82, 2.24) is 5.32 Å². The minimum absolute atomic E-state index is 0.0675. The first-order valence-corrected chi connectivity index (χ1v) is 6.54. The Kier molecular flexibility index (Phi) is 7.96. The summed E-state index contributed by atoms with van der Waals surface area (Å²) >= 11 is 3.80. The number of thiol groups is 1. The van der Waals surface area contributed by atoms with Crippen molar-refractivity contribution in [3.8, 4) is 0 Å². The van der Waals surface area contributed by atoms with Gasteiger partial charge in [0.25, 0.3) is 0 Å². The van der Waals surface area contributed by atoms with Crippen LogP contribution in [0.5, 0.6) is 0 Å². The second-order valence-electron chi connectivity index (χ2n) is 4.46. The molecule has 1 N–H and O–H groups in total. The van der Waals surface area contributed by atoms with Crippen molar-refractivity contribution in [2.45, 2.75) is 46.1 Å². The van der Waals surface area contributed by atoms with E-state index in [-0.39, 0.29) is 22.9 Å². The number of carbonyl (C=O) groups excluding carboxylic acids is 2. The summed E-state index contributed by atoms with van der Waals surface area (Å²) in [6.07, 6.45) is 4.58. The minimum atomic E-state index is -0.576. The fraction of sp³-hybridized carbons (Fsp3) is 0.692. The van der Waals surface area contributed by atoms with Crippen molar-refractivity contribution < 1.29 is 9.59 Å². The van der Waals surface area contributed by atoms with Crippen LogP contribution in [0.1, 0.15) is 40.0 Å². The third-order valence-electron chi connectivity index (χ3n) is 2.90. The predicted octanol–water partition coefficient (Wildman–Crippen LogP) is 2.58. The zero-order valence-electron chi connectivity index (χ0n) is 10.9. The number of hydrogen-bond donors (Lipinski definition) is 2. The highest BCUT2D eigenvalue weighted by atomic mass is 32.1. The van der Waals surface area contributed by atoms with Crippen LogP contribution >= 0.6 is 12.6 Å². The number of carbonyl (C=O) groups is 2. The molecule has 3 unspecified atom stereocenters. The van der Waals surface area contributed by atoms with E-state index >= 15 is 0 Å². The minimum Gasteiger partial charge on any atom is -0.345 e. The van der Waals surface area contributed by atoms with Crippen molar-refractivity contribution in [2.24, 2.45) is 11.8 Å². The van der Waals surface area contributed by atoms with Gasteiger partial charge in [0, 0.05) is 11.8 Å².